The molecule has 106 valence electrons. The third-order valence-corrected chi connectivity index (χ3v) is 3.04. The molecule has 0 saturated heterocycles. The molecule has 0 saturated carbocycles. The number of aromatic nitrogens is 1. The van der Waals surface area contributed by atoms with Gasteiger partial charge in [0.2, 0.25) is 5.91 Å². The molecule has 0 aliphatic carbocycles. The first-order chi connectivity index (χ1) is 9.06. The van der Waals surface area contributed by atoms with Crippen molar-refractivity contribution in [1.29, 1.82) is 0 Å². The summed E-state index contributed by atoms with van der Waals surface area (Å²) < 4.78 is 0. The third kappa shape index (κ3) is 4.96. The molecule has 2 unspecified atom stereocenters. The summed E-state index contributed by atoms with van der Waals surface area (Å²) in [5, 5.41) is 0. The molecule has 5 nitrogen and oxygen atoms in total. The van der Waals surface area contributed by atoms with Crippen molar-refractivity contribution in [3.8, 4) is 0 Å². The Morgan fingerprint density at radius 3 is 2.68 bits per heavy atom. The predicted octanol–water partition coefficient (Wildman–Crippen LogP) is 1.06. The fraction of sp³-hybridized carbons (Fsp3) is 0.571. The fourth-order valence-electron chi connectivity index (χ4n) is 2.22. The smallest absolute Gasteiger partial charge is 0.231 e. The van der Waals surface area contributed by atoms with E-state index in [-0.39, 0.29) is 24.5 Å². The largest absolute Gasteiger partial charge is 0.369 e. The van der Waals surface area contributed by atoms with Gasteiger partial charge in [0.1, 0.15) is 0 Å². The Labute approximate surface area is 115 Å². The first kappa shape index (κ1) is 15.6. The molecule has 1 heterocycles. The Morgan fingerprint density at radius 2 is 2.21 bits per heavy atom. The standard InChI is InChI=1S/C14H24N4O/c1-3-4-9-18(10-13(16)19)14(11(2)15)12-7-5-6-8-17-12/h5-8,11,14H,3-4,9-10,15H2,1-2H3,(H2,16,19). The third-order valence-electron chi connectivity index (χ3n) is 3.04. The minimum absolute atomic E-state index is 0.0831. The van der Waals surface area contributed by atoms with Gasteiger partial charge < -0.3 is 11.5 Å². The van der Waals surface area contributed by atoms with E-state index in [1.54, 1.807) is 6.20 Å². The first-order valence-electron chi connectivity index (χ1n) is 6.75. The maximum absolute atomic E-state index is 11.3. The van der Waals surface area contributed by atoms with Crippen molar-refractivity contribution in [3.05, 3.63) is 30.1 Å². The van der Waals surface area contributed by atoms with Crippen molar-refractivity contribution in [2.45, 2.75) is 38.8 Å². The highest BCUT2D eigenvalue weighted by Gasteiger charge is 2.25. The van der Waals surface area contributed by atoms with Crippen molar-refractivity contribution in [2.24, 2.45) is 11.5 Å². The van der Waals surface area contributed by atoms with Gasteiger partial charge in [-0.3, -0.25) is 14.7 Å². The van der Waals surface area contributed by atoms with E-state index in [2.05, 4.69) is 11.9 Å². The lowest BCUT2D eigenvalue weighted by Gasteiger charge is -2.33. The summed E-state index contributed by atoms with van der Waals surface area (Å²) in [5.41, 5.74) is 12.3. The van der Waals surface area contributed by atoms with Gasteiger partial charge in [-0.2, -0.15) is 0 Å². The SMILES string of the molecule is CCCCN(CC(N)=O)C(c1ccccn1)C(C)N. The Balaban J connectivity index is 2.94. The van der Waals surface area contributed by atoms with Gasteiger partial charge in [-0.25, -0.2) is 0 Å². The minimum atomic E-state index is -0.335. The molecule has 5 heteroatoms. The summed E-state index contributed by atoms with van der Waals surface area (Å²) in [4.78, 5) is 17.6. The molecule has 0 aliphatic heterocycles. The second-order valence-electron chi connectivity index (χ2n) is 4.85. The number of hydrogen-bond donors (Lipinski definition) is 2. The number of nitrogens with zero attached hydrogens (tertiary/aromatic N) is 2. The van der Waals surface area contributed by atoms with Crippen LogP contribution in [-0.4, -0.2) is 34.9 Å². The maximum atomic E-state index is 11.3. The topological polar surface area (TPSA) is 85.2 Å². The predicted molar refractivity (Wildman–Crippen MR) is 76.3 cm³/mol. The van der Waals surface area contributed by atoms with Gasteiger partial charge >= 0.3 is 0 Å². The molecule has 0 spiro atoms. The monoisotopic (exact) mass is 264 g/mol. The van der Waals surface area contributed by atoms with Crippen LogP contribution in [0.1, 0.15) is 38.4 Å². The van der Waals surface area contributed by atoms with E-state index < -0.39 is 0 Å². The number of unbranched alkanes of at least 4 members (excludes halogenated alkanes) is 1. The van der Waals surface area contributed by atoms with E-state index in [0.717, 1.165) is 25.1 Å². The molecule has 2 atom stereocenters. The lowest BCUT2D eigenvalue weighted by atomic mass is 10.0. The summed E-state index contributed by atoms with van der Waals surface area (Å²) in [6, 6.07) is 5.53. The van der Waals surface area contributed by atoms with Crippen LogP contribution < -0.4 is 11.5 Å². The number of amides is 1. The van der Waals surface area contributed by atoms with E-state index in [1.807, 2.05) is 30.0 Å². The molecule has 1 rings (SSSR count). The molecule has 1 amide bonds. The highest BCUT2D eigenvalue weighted by Crippen LogP contribution is 2.21. The molecule has 1 aromatic heterocycles. The molecule has 1 aromatic rings. The van der Waals surface area contributed by atoms with Crippen molar-refractivity contribution in [2.75, 3.05) is 13.1 Å². The van der Waals surface area contributed by atoms with Crippen LogP contribution in [0.4, 0.5) is 0 Å². The molecule has 0 aromatic carbocycles. The number of carbonyl (C=O) groups excluding carboxylic acids is 1. The van der Waals surface area contributed by atoms with Crippen LogP contribution >= 0.6 is 0 Å². The number of rotatable bonds is 8. The van der Waals surface area contributed by atoms with Gasteiger partial charge in [0.25, 0.3) is 0 Å². The van der Waals surface area contributed by atoms with Crippen molar-refractivity contribution in [1.82, 2.24) is 9.88 Å². The molecular formula is C14H24N4O. The van der Waals surface area contributed by atoms with Gasteiger partial charge in [-0.15, -0.1) is 0 Å². The van der Waals surface area contributed by atoms with Crippen LogP contribution in [0.25, 0.3) is 0 Å². The van der Waals surface area contributed by atoms with Crippen LogP contribution in [0, 0.1) is 0 Å². The quantitative estimate of drug-likeness (QED) is 0.735. The van der Waals surface area contributed by atoms with Crippen LogP contribution in [0.5, 0.6) is 0 Å². The number of primary amides is 1. The summed E-state index contributed by atoms with van der Waals surface area (Å²) in [6.45, 7) is 5.05. The van der Waals surface area contributed by atoms with Crippen molar-refractivity contribution < 1.29 is 4.79 Å². The zero-order valence-electron chi connectivity index (χ0n) is 11.7. The molecule has 0 fully saturated rings. The van der Waals surface area contributed by atoms with Crippen LogP contribution in [0.2, 0.25) is 0 Å². The van der Waals surface area contributed by atoms with Gasteiger partial charge in [0.05, 0.1) is 18.3 Å². The van der Waals surface area contributed by atoms with Gasteiger partial charge in [0.15, 0.2) is 0 Å². The summed E-state index contributed by atoms with van der Waals surface area (Å²) in [6.07, 6.45) is 3.81. The first-order valence-corrected chi connectivity index (χ1v) is 6.75. The summed E-state index contributed by atoms with van der Waals surface area (Å²) >= 11 is 0. The maximum Gasteiger partial charge on any atom is 0.231 e. The highest BCUT2D eigenvalue weighted by molar-refractivity contribution is 5.76. The fourth-order valence-corrected chi connectivity index (χ4v) is 2.22. The molecule has 0 aliphatic rings. The van der Waals surface area contributed by atoms with Crippen LogP contribution in [0.3, 0.4) is 0 Å². The van der Waals surface area contributed by atoms with E-state index >= 15 is 0 Å². The van der Waals surface area contributed by atoms with Gasteiger partial charge in [-0.1, -0.05) is 19.4 Å². The Hall–Kier alpha value is -1.46. The number of pyridine rings is 1. The molecule has 19 heavy (non-hydrogen) atoms. The number of hydrogen-bond acceptors (Lipinski definition) is 4. The van der Waals surface area contributed by atoms with E-state index in [4.69, 9.17) is 11.5 Å². The normalized spacial score (nSPS) is 14.3. The second kappa shape index (κ2) is 7.86. The van der Waals surface area contributed by atoms with Gasteiger partial charge in [-0.05, 0) is 32.0 Å². The van der Waals surface area contributed by atoms with Gasteiger partial charge in [0, 0.05) is 12.2 Å². The summed E-state index contributed by atoms with van der Waals surface area (Å²) in [5.74, 6) is -0.335. The second-order valence-corrected chi connectivity index (χ2v) is 4.85. The summed E-state index contributed by atoms with van der Waals surface area (Å²) in [7, 11) is 0. The highest BCUT2D eigenvalue weighted by atomic mass is 16.1. The van der Waals surface area contributed by atoms with Crippen LogP contribution in [-0.2, 0) is 4.79 Å². The molecule has 0 radical (unpaired) electrons. The lowest BCUT2D eigenvalue weighted by molar-refractivity contribution is -0.119. The minimum Gasteiger partial charge on any atom is -0.369 e. The van der Waals surface area contributed by atoms with E-state index in [1.165, 1.54) is 0 Å². The number of carbonyl (C=O) groups is 1. The molecule has 0 bridgehead atoms. The van der Waals surface area contributed by atoms with Crippen LogP contribution in [0.15, 0.2) is 24.4 Å². The number of nitrogens with two attached hydrogens (primary N) is 2. The van der Waals surface area contributed by atoms with E-state index in [9.17, 15) is 4.79 Å². The molecular weight excluding hydrogens is 240 g/mol. The Kier molecular flexibility index (Phi) is 6.45. The van der Waals surface area contributed by atoms with Crippen molar-refractivity contribution >= 4 is 5.91 Å². The van der Waals surface area contributed by atoms with Crippen molar-refractivity contribution in [3.63, 3.8) is 0 Å². The molecule has 4 N–H and O–H groups in total. The Morgan fingerprint density at radius 1 is 1.47 bits per heavy atom. The van der Waals surface area contributed by atoms with E-state index in [0.29, 0.717) is 0 Å². The Bertz CT molecular complexity index is 380. The zero-order valence-corrected chi connectivity index (χ0v) is 11.7. The average Bonchev–Trinajstić information content (AvgIpc) is 2.36. The average molecular weight is 264 g/mol. The zero-order chi connectivity index (χ0) is 14.3. The lowest BCUT2D eigenvalue weighted by Crippen LogP contribution is -2.44.